The molecule has 1 aromatic carbocycles. The van der Waals surface area contributed by atoms with Gasteiger partial charge in [0.2, 0.25) is 0 Å². The van der Waals surface area contributed by atoms with Crippen molar-refractivity contribution in [2.75, 3.05) is 13.1 Å². The van der Waals surface area contributed by atoms with E-state index in [1.807, 2.05) is 0 Å². The highest BCUT2D eigenvalue weighted by Gasteiger charge is 2.31. The second kappa shape index (κ2) is 4.56. The number of benzene rings is 1. The number of β-amino-alcohol motifs (C(OH)–C–C–N with tert-alkyl or cyclic N) is 1. The molecule has 0 saturated carbocycles. The van der Waals surface area contributed by atoms with Crippen LogP contribution in [0.1, 0.15) is 30.0 Å². The van der Waals surface area contributed by atoms with Gasteiger partial charge in [0.15, 0.2) is 0 Å². The molecule has 1 aliphatic heterocycles. The summed E-state index contributed by atoms with van der Waals surface area (Å²) in [5.41, 5.74) is 3.45. The lowest BCUT2D eigenvalue weighted by molar-refractivity contribution is 0.0617. The first-order valence-corrected chi connectivity index (χ1v) is 6.14. The normalized spacial score (nSPS) is 24.9. The second-order valence-corrected chi connectivity index (χ2v) is 4.95. The largest absolute Gasteiger partial charge is 0.388 e. The van der Waals surface area contributed by atoms with Crippen molar-refractivity contribution in [2.24, 2.45) is 0 Å². The number of aliphatic hydroxyl groups is 1. The second-order valence-electron chi connectivity index (χ2n) is 4.95. The van der Waals surface area contributed by atoms with Crippen molar-refractivity contribution in [1.29, 1.82) is 0 Å². The molecule has 2 N–H and O–H groups in total. The summed E-state index contributed by atoms with van der Waals surface area (Å²) in [5.74, 6) is 0. The van der Waals surface area contributed by atoms with Crippen molar-refractivity contribution < 1.29 is 5.11 Å². The summed E-state index contributed by atoms with van der Waals surface area (Å²) in [4.78, 5) is 0. The van der Waals surface area contributed by atoms with E-state index in [1.165, 1.54) is 16.7 Å². The highest BCUT2D eigenvalue weighted by molar-refractivity contribution is 5.33. The Kier molecular flexibility index (Phi) is 3.31. The predicted molar refractivity (Wildman–Crippen MR) is 66.7 cm³/mol. The van der Waals surface area contributed by atoms with Gasteiger partial charge in [0.05, 0.1) is 5.60 Å². The minimum Gasteiger partial charge on any atom is -0.388 e. The molecule has 0 amide bonds. The zero-order chi connectivity index (χ0) is 11.6. The van der Waals surface area contributed by atoms with Gasteiger partial charge < -0.3 is 10.4 Å². The first kappa shape index (κ1) is 11.6. The van der Waals surface area contributed by atoms with Crippen molar-refractivity contribution in [2.45, 2.75) is 38.7 Å². The third-order valence-corrected chi connectivity index (χ3v) is 3.48. The molecule has 0 aromatic heterocycles. The summed E-state index contributed by atoms with van der Waals surface area (Å²) >= 11 is 0. The highest BCUT2D eigenvalue weighted by Crippen LogP contribution is 2.23. The van der Waals surface area contributed by atoms with Crippen LogP contribution in [0.5, 0.6) is 0 Å². The fourth-order valence-corrected chi connectivity index (χ4v) is 2.49. The molecule has 16 heavy (non-hydrogen) atoms. The first-order valence-electron chi connectivity index (χ1n) is 6.14. The Bertz CT molecular complexity index is 367. The van der Waals surface area contributed by atoms with Crippen LogP contribution >= 0.6 is 0 Å². The van der Waals surface area contributed by atoms with E-state index in [-0.39, 0.29) is 0 Å². The number of nitrogens with one attached hydrogen (secondary N) is 1. The van der Waals surface area contributed by atoms with E-state index in [9.17, 15) is 5.11 Å². The Morgan fingerprint density at radius 1 is 1.38 bits per heavy atom. The highest BCUT2D eigenvalue weighted by atomic mass is 16.3. The van der Waals surface area contributed by atoms with Gasteiger partial charge >= 0.3 is 0 Å². The molecule has 0 aliphatic carbocycles. The molecule has 1 saturated heterocycles. The first-order chi connectivity index (χ1) is 7.63. The fraction of sp³-hybridized carbons (Fsp3) is 0.571. The number of aryl methyl sites for hydroxylation is 2. The van der Waals surface area contributed by atoms with Crippen molar-refractivity contribution >= 4 is 0 Å². The predicted octanol–water partition coefficient (Wildman–Crippen LogP) is 1.82. The van der Waals surface area contributed by atoms with E-state index < -0.39 is 5.60 Å². The van der Waals surface area contributed by atoms with E-state index in [1.54, 1.807) is 0 Å². The lowest BCUT2D eigenvalue weighted by Crippen LogP contribution is -2.34. The molecular formula is C14H21NO. The van der Waals surface area contributed by atoms with Crippen LogP contribution in [0.2, 0.25) is 0 Å². The lowest BCUT2D eigenvalue weighted by Gasteiger charge is -2.23. The van der Waals surface area contributed by atoms with E-state index in [2.05, 4.69) is 37.4 Å². The summed E-state index contributed by atoms with van der Waals surface area (Å²) in [6.07, 6.45) is 2.69. The summed E-state index contributed by atoms with van der Waals surface area (Å²) in [6.45, 7) is 5.96. The van der Waals surface area contributed by atoms with Gasteiger partial charge in [-0.1, -0.05) is 30.7 Å². The maximum Gasteiger partial charge on any atom is 0.0823 e. The Balaban J connectivity index is 2.20. The summed E-state index contributed by atoms with van der Waals surface area (Å²) in [7, 11) is 0. The third-order valence-electron chi connectivity index (χ3n) is 3.48. The molecular weight excluding hydrogens is 198 g/mol. The zero-order valence-corrected chi connectivity index (χ0v) is 10.2. The van der Waals surface area contributed by atoms with E-state index in [0.717, 1.165) is 32.4 Å². The van der Waals surface area contributed by atoms with Crippen LogP contribution in [-0.2, 0) is 12.8 Å². The molecule has 0 spiro atoms. The number of hydrogen-bond acceptors (Lipinski definition) is 2. The van der Waals surface area contributed by atoms with Crippen LogP contribution in [-0.4, -0.2) is 23.8 Å². The number of rotatable bonds is 3. The molecule has 1 fully saturated rings. The molecule has 1 aliphatic rings. The smallest absolute Gasteiger partial charge is 0.0823 e. The van der Waals surface area contributed by atoms with Crippen molar-refractivity contribution in [1.82, 2.24) is 5.32 Å². The van der Waals surface area contributed by atoms with Crippen molar-refractivity contribution in [3.8, 4) is 0 Å². The van der Waals surface area contributed by atoms with Gasteiger partial charge in [-0.05, 0) is 37.4 Å². The molecule has 0 radical (unpaired) electrons. The molecule has 1 atom stereocenters. The van der Waals surface area contributed by atoms with Gasteiger partial charge in [-0.15, -0.1) is 0 Å². The maximum absolute atomic E-state index is 10.4. The Labute approximate surface area is 97.7 Å². The average molecular weight is 219 g/mol. The van der Waals surface area contributed by atoms with Gasteiger partial charge in [0.1, 0.15) is 0 Å². The quantitative estimate of drug-likeness (QED) is 0.813. The standard InChI is InChI=1S/C14H21NO/c1-3-12-8-11(2)4-5-13(12)9-14(16)6-7-15-10-14/h4-5,8,15-16H,3,6-7,9-10H2,1-2H3. The monoisotopic (exact) mass is 219 g/mol. The fourth-order valence-electron chi connectivity index (χ4n) is 2.49. The van der Waals surface area contributed by atoms with Crippen LogP contribution in [0.15, 0.2) is 18.2 Å². The average Bonchev–Trinajstić information content (AvgIpc) is 2.68. The van der Waals surface area contributed by atoms with Gasteiger partial charge in [-0.2, -0.15) is 0 Å². The number of hydrogen-bond donors (Lipinski definition) is 2. The molecule has 88 valence electrons. The minimum atomic E-state index is -0.529. The minimum absolute atomic E-state index is 0.529. The molecule has 2 rings (SSSR count). The summed E-state index contributed by atoms with van der Waals surface area (Å²) in [6, 6.07) is 6.55. The van der Waals surface area contributed by atoms with E-state index in [0.29, 0.717) is 0 Å². The lowest BCUT2D eigenvalue weighted by atomic mass is 9.89. The molecule has 1 heterocycles. The van der Waals surface area contributed by atoms with E-state index in [4.69, 9.17) is 0 Å². The topological polar surface area (TPSA) is 32.3 Å². The molecule has 0 bridgehead atoms. The Morgan fingerprint density at radius 3 is 2.81 bits per heavy atom. The van der Waals surface area contributed by atoms with Crippen LogP contribution < -0.4 is 5.32 Å². The van der Waals surface area contributed by atoms with Crippen molar-refractivity contribution in [3.05, 3.63) is 34.9 Å². The van der Waals surface area contributed by atoms with Gasteiger partial charge in [0, 0.05) is 13.0 Å². The van der Waals surface area contributed by atoms with Crippen LogP contribution in [0.25, 0.3) is 0 Å². The van der Waals surface area contributed by atoms with Gasteiger partial charge in [-0.3, -0.25) is 0 Å². The summed E-state index contributed by atoms with van der Waals surface area (Å²) in [5, 5.41) is 13.6. The van der Waals surface area contributed by atoms with Crippen LogP contribution in [0.4, 0.5) is 0 Å². The van der Waals surface area contributed by atoms with Crippen molar-refractivity contribution in [3.63, 3.8) is 0 Å². The summed E-state index contributed by atoms with van der Waals surface area (Å²) < 4.78 is 0. The molecule has 1 unspecified atom stereocenters. The van der Waals surface area contributed by atoms with Gasteiger partial charge in [0.25, 0.3) is 0 Å². The maximum atomic E-state index is 10.4. The molecule has 2 nitrogen and oxygen atoms in total. The zero-order valence-electron chi connectivity index (χ0n) is 10.2. The van der Waals surface area contributed by atoms with E-state index >= 15 is 0 Å². The third kappa shape index (κ3) is 2.45. The molecule has 1 aromatic rings. The van der Waals surface area contributed by atoms with Crippen LogP contribution in [0, 0.1) is 6.92 Å². The Morgan fingerprint density at radius 2 is 2.19 bits per heavy atom. The Hall–Kier alpha value is -0.860. The molecule has 2 heteroatoms. The van der Waals surface area contributed by atoms with Gasteiger partial charge in [-0.25, -0.2) is 0 Å². The van der Waals surface area contributed by atoms with Crippen LogP contribution in [0.3, 0.4) is 0 Å². The SMILES string of the molecule is CCc1cc(C)ccc1CC1(O)CCNC1.